The van der Waals surface area contributed by atoms with E-state index in [1.54, 1.807) is 13.0 Å². The van der Waals surface area contributed by atoms with Crippen molar-refractivity contribution in [2.45, 2.75) is 33.1 Å². The molecule has 0 spiro atoms. The molecule has 2 aromatic heterocycles. The number of aromatic nitrogens is 4. The summed E-state index contributed by atoms with van der Waals surface area (Å²) in [4.78, 5) is 12.5. The van der Waals surface area contributed by atoms with Crippen molar-refractivity contribution < 1.29 is 9.26 Å². The van der Waals surface area contributed by atoms with E-state index in [4.69, 9.17) is 9.26 Å². The molecule has 0 saturated carbocycles. The third kappa shape index (κ3) is 4.01. The number of benzene rings is 2. The van der Waals surface area contributed by atoms with E-state index < -0.39 is 0 Å². The van der Waals surface area contributed by atoms with Crippen LogP contribution in [0.4, 0.5) is 0 Å². The standard InChI is InChI=1S/C23H22N4O2/c1-15-5-7-17(8-6-15)23(3,4)18-9-11-19(12-10-18)28-21-13-20(24-14-25-21)22-26-16(2)27-29-22/h5-14H,1-4H3. The summed E-state index contributed by atoms with van der Waals surface area (Å²) in [5.41, 5.74) is 4.15. The highest BCUT2D eigenvalue weighted by molar-refractivity contribution is 5.48. The van der Waals surface area contributed by atoms with E-state index in [9.17, 15) is 0 Å². The summed E-state index contributed by atoms with van der Waals surface area (Å²) >= 11 is 0. The first kappa shape index (κ1) is 18.8. The van der Waals surface area contributed by atoms with Gasteiger partial charge in [0.2, 0.25) is 5.88 Å². The van der Waals surface area contributed by atoms with Gasteiger partial charge in [-0.2, -0.15) is 4.98 Å². The third-order valence-corrected chi connectivity index (χ3v) is 4.96. The average molecular weight is 386 g/mol. The molecule has 29 heavy (non-hydrogen) atoms. The van der Waals surface area contributed by atoms with Crippen LogP contribution in [0.2, 0.25) is 0 Å². The van der Waals surface area contributed by atoms with E-state index >= 15 is 0 Å². The molecule has 0 atom stereocenters. The Balaban J connectivity index is 1.53. The maximum atomic E-state index is 5.90. The monoisotopic (exact) mass is 386 g/mol. The van der Waals surface area contributed by atoms with Crippen molar-refractivity contribution in [1.82, 2.24) is 20.1 Å². The van der Waals surface area contributed by atoms with E-state index in [0.717, 1.165) is 0 Å². The Labute approximate surface area is 169 Å². The summed E-state index contributed by atoms with van der Waals surface area (Å²) in [6.45, 7) is 8.29. The van der Waals surface area contributed by atoms with Crippen LogP contribution in [0.5, 0.6) is 11.6 Å². The van der Waals surface area contributed by atoms with Crippen LogP contribution < -0.4 is 4.74 Å². The Morgan fingerprint density at radius 3 is 2.14 bits per heavy atom. The van der Waals surface area contributed by atoms with Gasteiger partial charge in [-0.05, 0) is 37.1 Å². The highest BCUT2D eigenvalue weighted by Crippen LogP contribution is 2.33. The van der Waals surface area contributed by atoms with Crippen molar-refractivity contribution in [1.29, 1.82) is 0 Å². The van der Waals surface area contributed by atoms with Crippen LogP contribution in [0.1, 0.15) is 36.4 Å². The molecule has 0 fully saturated rings. The zero-order chi connectivity index (χ0) is 20.4. The Morgan fingerprint density at radius 2 is 1.52 bits per heavy atom. The second kappa shape index (κ2) is 7.47. The van der Waals surface area contributed by atoms with E-state index in [2.05, 4.69) is 77.3 Å². The van der Waals surface area contributed by atoms with Crippen LogP contribution in [0.15, 0.2) is 65.4 Å². The van der Waals surface area contributed by atoms with Gasteiger partial charge in [0.1, 0.15) is 17.8 Å². The van der Waals surface area contributed by atoms with Gasteiger partial charge < -0.3 is 9.26 Å². The van der Waals surface area contributed by atoms with Crippen LogP contribution in [0, 0.1) is 13.8 Å². The Bertz CT molecular complexity index is 1120. The molecule has 0 unspecified atom stereocenters. The third-order valence-electron chi connectivity index (χ3n) is 4.96. The molecule has 0 amide bonds. The SMILES string of the molecule is Cc1ccc(C(C)(C)c2ccc(Oc3cc(-c4nc(C)no4)ncn3)cc2)cc1. The van der Waals surface area contributed by atoms with E-state index in [0.29, 0.717) is 29.0 Å². The average Bonchev–Trinajstić information content (AvgIpc) is 3.15. The molecule has 4 rings (SSSR count). The molecule has 146 valence electrons. The van der Waals surface area contributed by atoms with Crippen molar-refractivity contribution >= 4 is 0 Å². The molecule has 2 heterocycles. The van der Waals surface area contributed by atoms with E-state index in [1.807, 2.05) is 12.1 Å². The van der Waals surface area contributed by atoms with Gasteiger partial charge in [-0.3, -0.25) is 0 Å². The first-order chi connectivity index (χ1) is 13.9. The Kier molecular flexibility index (Phi) is 4.84. The van der Waals surface area contributed by atoms with Crippen molar-refractivity contribution in [3.63, 3.8) is 0 Å². The van der Waals surface area contributed by atoms with Crippen LogP contribution in [-0.4, -0.2) is 20.1 Å². The lowest BCUT2D eigenvalue weighted by molar-refractivity contribution is 0.423. The lowest BCUT2D eigenvalue weighted by Crippen LogP contribution is -2.18. The van der Waals surface area contributed by atoms with Crippen molar-refractivity contribution in [3.8, 4) is 23.2 Å². The molecule has 4 aromatic rings. The van der Waals surface area contributed by atoms with Crippen molar-refractivity contribution in [2.24, 2.45) is 0 Å². The quantitative estimate of drug-likeness (QED) is 0.466. The highest BCUT2D eigenvalue weighted by Gasteiger charge is 2.23. The van der Waals surface area contributed by atoms with Gasteiger partial charge in [-0.25, -0.2) is 9.97 Å². The van der Waals surface area contributed by atoms with Crippen LogP contribution >= 0.6 is 0 Å². The molecular weight excluding hydrogens is 364 g/mol. The number of nitrogens with zero attached hydrogens (tertiary/aromatic N) is 4. The summed E-state index contributed by atoms with van der Waals surface area (Å²) in [5.74, 6) is 1.99. The highest BCUT2D eigenvalue weighted by atomic mass is 16.5. The van der Waals surface area contributed by atoms with Crippen molar-refractivity contribution in [3.05, 3.63) is 83.4 Å². The van der Waals surface area contributed by atoms with E-state index in [1.165, 1.54) is 23.0 Å². The van der Waals surface area contributed by atoms with Crippen LogP contribution in [0.3, 0.4) is 0 Å². The zero-order valence-electron chi connectivity index (χ0n) is 16.9. The first-order valence-corrected chi connectivity index (χ1v) is 9.40. The summed E-state index contributed by atoms with van der Waals surface area (Å²) in [6.07, 6.45) is 1.42. The number of ether oxygens (including phenoxy) is 1. The molecule has 6 nitrogen and oxygen atoms in total. The molecule has 0 bridgehead atoms. The van der Waals surface area contributed by atoms with Crippen LogP contribution in [0.25, 0.3) is 11.6 Å². The number of hydrogen-bond acceptors (Lipinski definition) is 6. The summed E-state index contributed by atoms with van der Waals surface area (Å²) in [6, 6.07) is 18.4. The fourth-order valence-corrected chi connectivity index (χ4v) is 3.11. The minimum atomic E-state index is -0.107. The molecule has 0 N–H and O–H groups in total. The topological polar surface area (TPSA) is 73.9 Å². The second-order valence-corrected chi connectivity index (χ2v) is 7.51. The molecule has 6 heteroatoms. The predicted molar refractivity (Wildman–Crippen MR) is 110 cm³/mol. The van der Waals surface area contributed by atoms with Gasteiger partial charge >= 0.3 is 0 Å². The van der Waals surface area contributed by atoms with Gasteiger partial charge in [-0.15, -0.1) is 0 Å². The first-order valence-electron chi connectivity index (χ1n) is 9.40. The van der Waals surface area contributed by atoms with Gasteiger partial charge in [0.05, 0.1) is 0 Å². The minimum absolute atomic E-state index is 0.107. The maximum Gasteiger partial charge on any atom is 0.276 e. The lowest BCUT2D eigenvalue weighted by Gasteiger charge is -2.26. The summed E-state index contributed by atoms with van der Waals surface area (Å²) < 4.78 is 11.0. The molecule has 0 aliphatic heterocycles. The van der Waals surface area contributed by atoms with Gasteiger partial charge in [0.25, 0.3) is 5.89 Å². The second-order valence-electron chi connectivity index (χ2n) is 7.51. The van der Waals surface area contributed by atoms with Crippen LogP contribution in [-0.2, 0) is 5.41 Å². The van der Waals surface area contributed by atoms with Gasteiger partial charge in [0.15, 0.2) is 5.82 Å². The minimum Gasteiger partial charge on any atom is -0.439 e. The molecule has 2 aromatic carbocycles. The molecule has 0 radical (unpaired) electrons. The summed E-state index contributed by atoms with van der Waals surface area (Å²) in [7, 11) is 0. The van der Waals surface area contributed by atoms with E-state index in [-0.39, 0.29) is 5.41 Å². The number of hydrogen-bond donors (Lipinski definition) is 0. The molecule has 0 saturated heterocycles. The fraction of sp³-hybridized carbons (Fsp3) is 0.217. The van der Waals surface area contributed by atoms with Crippen molar-refractivity contribution in [2.75, 3.05) is 0 Å². The summed E-state index contributed by atoms with van der Waals surface area (Å²) in [5, 5.41) is 3.78. The van der Waals surface area contributed by atoms with Gasteiger partial charge in [0, 0.05) is 11.5 Å². The smallest absolute Gasteiger partial charge is 0.276 e. The molecule has 0 aliphatic carbocycles. The number of aryl methyl sites for hydroxylation is 2. The Hall–Kier alpha value is -3.54. The molecule has 0 aliphatic rings. The zero-order valence-corrected chi connectivity index (χ0v) is 16.9. The lowest BCUT2D eigenvalue weighted by atomic mass is 9.78. The largest absolute Gasteiger partial charge is 0.439 e. The molecular formula is C23H22N4O2. The van der Waals surface area contributed by atoms with Gasteiger partial charge in [-0.1, -0.05) is 61.0 Å². The fourth-order valence-electron chi connectivity index (χ4n) is 3.11. The Morgan fingerprint density at radius 1 is 0.862 bits per heavy atom. The number of rotatable bonds is 5. The maximum absolute atomic E-state index is 5.90. The predicted octanol–water partition coefficient (Wildman–Crippen LogP) is 5.26. The normalized spacial score (nSPS) is 11.4.